The van der Waals surface area contributed by atoms with Crippen LogP contribution in [0.4, 0.5) is 0 Å². The second-order valence-corrected chi connectivity index (χ2v) is 2.74. The Hall–Kier alpha value is -1.16. The first-order valence-electron chi connectivity index (χ1n) is 2.84. The maximum atomic E-state index is 3.96. The minimum absolute atomic E-state index is 1.10. The zero-order chi connectivity index (χ0) is 6.81. The van der Waals surface area contributed by atoms with E-state index in [9.17, 15) is 0 Å². The van der Waals surface area contributed by atoms with Gasteiger partial charge < -0.3 is 0 Å². The summed E-state index contributed by atoms with van der Waals surface area (Å²) < 4.78 is 0. The molecular weight excluding hydrogens is 146 g/mol. The van der Waals surface area contributed by atoms with Crippen LogP contribution in [0.3, 0.4) is 0 Å². The van der Waals surface area contributed by atoms with Crippen molar-refractivity contribution < 1.29 is 0 Å². The van der Waals surface area contributed by atoms with Crippen LogP contribution >= 0.6 is 11.3 Å². The SMILES string of the molecule is c1ncc(-c2cn[nH]c2)s1. The molecule has 0 amide bonds. The summed E-state index contributed by atoms with van der Waals surface area (Å²) in [5.41, 5.74) is 2.91. The van der Waals surface area contributed by atoms with Crippen LogP contribution in [0.5, 0.6) is 0 Å². The Morgan fingerprint density at radius 1 is 1.40 bits per heavy atom. The Labute approximate surface area is 61.7 Å². The van der Waals surface area contributed by atoms with Gasteiger partial charge in [-0.2, -0.15) is 5.10 Å². The zero-order valence-corrected chi connectivity index (χ0v) is 5.93. The maximum Gasteiger partial charge on any atom is 0.0798 e. The van der Waals surface area contributed by atoms with E-state index in [1.54, 1.807) is 17.5 Å². The van der Waals surface area contributed by atoms with Gasteiger partial charge in [0.15, 0.2) is 0 Å². The average molecular weight is 151 g/mol. The summed E-state index contributed by atoms with van der Waals surface area (Å²) in [6.07, 6.45) is 5.47. The van der Waals surface area contributed by atoms with Crippen LogP contribution in [0.25, 0.3) is 10.4 Å². The summed E-state index contributed by atoms with van der Waals surface area (Å²) in [7, 11) is 0. The van der Waals surface area contributed by atoms with Gasteiger partial charge >= 0.3 is 0 Å². The highest BCUT2D eigenvalue weighted by Gasteiger charge is 1.97. The van der Waals surface area contributed by atoms with Crippen molar-refractivity contribution in [2.24, 2.45) is 0 Å². The fourth-order valence-corrected chi connectivity index (χ4v) is 1.35. The standard InChI is InChI=1S/C6H5N3S/c1-5(2-9-8-1)6-3-7-4-10-6/h1-4H,(H,8,9). The van der Waals surface area contributed by atoms with Gasteiger partial charge in [0.25, 0.3) is 0 Å². The second-order valence-electron chi connectivity index (χ2n) is 1.85. The Morgan fingerprint density at radius 3 is 3.00 bits per heavy atom. The fraction of sp³-hybridized carbons (Fsp3) is 0. The molecule has 0 aliphatic rings. The van der Waals surface area contributed by atoms with Crippen LogP contribution < -0.4 is 0 Å². The third-order valence-electron chi connectivity index (χ3n) is 1.22. The highest BCUT2D eigenvalue weighted by Crippen LogP contribution is 2.20. The van der Waals surface area contributed by atoms with Crippen molar-refractivity contribution in [1.29, 1.82) is 0 Å². The molecule has 4 heteroatoms. The maximum absolute atomic E-state index is 3.96. The molecule has 0 fully saturated rings. The number of nitrogens with one attached hydrogen (secondary N) is 1. The van der Waals surface area contributed by atoms with Crippen LogP contribution in [0.15, 0.2) is 24.1 Å². The molecule has 10 heavy (non-hydrogen) atoms. The number of aromatic amines is 1. The highest BCUT2D eigenvalue weighted by molar-refractivity contribution is 7.13. The Balaban J connectivity index is 2.48. The van der Waals surface area contributed by atoms with Crippen LogP contribution in [-0.2, 0) is 0 Å². The zero-order valence-electron chi connectivity index (χ0n) is 5.11. The van der Waals surface area contributed by atoms with Gasteiger partial charge in [-0.05, 0) is 0 Å². The van der Waals surface area contributed by atoms with Crippen molar-refractivity contribution >= 4 is 11.3 Å². The van der Waals surface area contributed by atoms with Crippen molar-refractivity contribution in [1.82, 2.24) is 15.2 Å². The molecular formula is C6H5N3S. The Kier molecular flexibility index (Phi) is 1.25. The molecule has 0 saturated heterocycles. The Morgan fingerprint density at radius 2 is 2.40 bits per heavy atom. The summed E-state index contributed by atoms with van der Waals surface area (Å²) in [4.78, 5) is 5.10. The molecule has 0 bridgehead atoms. The first kappa shape index (κ1) is 5.61. The third-order valence-corrected chi connectivity index (χ3v) is 2.04. The number of rotatable bonds is 1. The molecule has 2 rings (SSSR count). The van der Waals surface area contributed by atoms with E-state index in [0.717, 1.165) is 10.4 Å². The van der Waals surface area contributed by atoms with Gasteiger partial charge in [-0.1, -0.05) is 0 Å². The van der Waals surface area contributed by atoms with E-state index in [0.29, 0.717) is 0 Å². The largest absolute Gasteiger partial charge is 0.285 e. The summed E-state index contributed by atoms with van der Waals surface area (Å²) in [6, 6.07) is 0. The predicted octanol–water partition coefficient (Wildman–Crippen LogP) is 1.53. The van der Waals surface area contributed by atoms with E-state index in [2.05, 4.69) is 15.2 Å². The topological polar surface area (TPSA) is 41.6 Å². The van der Waals surface area contributed by atoms with Crippen LogP contribution in [0.2, 0.25) is 0 Å². The molecule has 0 radical (unpaired) electrons. The van der Waals surface area contributed by atoms with Crippen molar-refractivity contribution in [2.45, 2.75) is 0 Å². The molecule has 50 valence electrons. The predicted molar refractivity (Wildman–Crippen MR) is 39.7 cm³/mol. The van der Waals surface area contributed by atoms with Gasteiger partial charge in [-0.25, -0.2) is 0 Å². The minimum Gasteiger partial charge on any atom is -0.285 e. The van der Waals surface area contributed by atoms with Gasteiger partial charge in [-0.3, -0.25) is 10.1 Å². The molecule has 0 aliphatic carbocycles. The molecule has 0 spiro atoms. The van der Waals surface area contributed by atoms with Crippen molar-refractivity contribution in [2.75, 3.05) is 0 Å². The van der Waals surface area contributed by atoms with E-state index in [4.69, 9.17) is 0 Å². The molecule has 3 nitrogen and oxygen atoms in total. The first-order chi connectivity index (χ1) is 4.97. The van der Waals surface area contributed by atoms with E-state index >= 15 is 0 Å². The number of hydrogen-bond acceptors (Lipinski definition) is 3. The number of thiazole rings is 1. The number of hydrogen-bond donors (Lipinski definition) is 1. The summed E-state index contributed by atoms with van der Waals surface area (Å²) in [6.45, 7) is 0. The molecule has 0 saturated carbocycles. The second kappa shape index (κ2) is 2.22. The van der Waals surface area contributed by atoms with Gasteiger partial charge in [0, 0.05) is 18.0 Å². The quantitative estimate of drug-likeness (QED) is 0.671. The van der Waals surface area contributed by atoms with Gasteiger partial charge in [0.05, 0.1) is 16.6 Å². The smallest absolute Gasteiger partial charge is 0.0798 e. The molecule has 0 aromatic carbocycles. The van der Waals surface area contributed by atoms with Crippen molar-refractivity contribution in [3.63, 3.8) is 0 Å². The lowest BCUT2D eigenvalue weighted by Gasteiger charge is -1.82. The van der Waals surface area contributed by atoms with Crippen molar-refractivity contribution in [3.8, 4) is 10.4 Å². The normalized spacial score (nSPS) is 10.0. The first-order valence-corrected chi connectivity index (χ1v) is 3.72. The van der Waals surface area contributed by atoms with E-state index in [1.165, 1.54) is 0 Å². The minimum atomic E-state index is 1.10. The highest BCUT2D eigenvalue weighted by atomic mass is 32.1. The van der Waals surface area contributed by atoms with Crippen molar-refractivity contribution in [3.05, 3.63) is 24.1 Å². The summed E-state index contributed by atoms with van der Waals surface area (Å²) >= 11 is 1.61. The van der Waals surface area contributed by atoms with Gasteiger partial charge in [-0.15, -0.1) is 11.3 Å². The number of aromatic nitrogens is 3. The average Bonchev–Trinajstić information content (AvgIpc) is 2.59. The van der Waals surface area contributed by atoms with Gasteiger partial charge in [0.1, 0.15) is 0 Å². The molecule has 2 heterocycles. The number of nitrogens with zero attached hydrogens (tertiary/aromatic N) is 2. The fourth-order valence-electron chi connectivity index (χ4n) is 0.744. The molecule has 2 aromatic heterocycles. The monoisotopic (exact) mass is 151 g/mol. The van der Waals surface area contributed by atoms with E-state index in [-0.39, 0.29) is 0 Å². The lowest BCUT2D eigenvalue weighted by atomic mass is 10.3. The van der Waals surface area contributed by atoms with E-state index < -0.39 is 0 Å². The summed E-state index contributed by atoms with van der Waals surface area (Å²) in [5, 5.41) is 6.58. The molecule has 0 aliphatic heterocycles. The lowest BCUT2D eigenvalue weighted by molar-refractivity contribution is 1.09. The Bertz CT molecular complexity index is 252. The summed E-state index contributed by atoms with van der Waals surface area (Å²) in [5.74, 6) is 0. The van der Waals surface area contributed by atoms with E-state index in [1.807, 2.05) is 17.9 Å². The van der Waals surface area contributed by atoms with Gasteiger partial charge in [0.2, 0.25) is 0 Å². The number of H-pyrrole nitrogens is 1. The van der Waals surface area contributed by atoms with Crippen LogP contribution in [0, 0.1) is 0 Å². The lowest BCUT2D eigenvalue weighted by Crippen LogP contribution is -1.61. The molecule has 2 aromatic rings. The molecule has 0 atom stereocenters. The van der Waals surface area contributed by atoms with Crippen LogP contribution in [-0.4, -0.2) is 15.2 Å². The molecule has 1 N–H and O–H groups in total. The molecule has 0 unspecified atom stereocenters. The van der Waals surface area contributed by atoms with Crippen LogP contribution in [0.1, 0.15) is 0 Å². The third kappa shape index (κ3) is 0.823.